The molecule has 148 valence electrons. The van der Waals surface area contributed by atoms with Crippen molar-refractivity contribution < 1.29 is 19.2 Å². The van der Waals surface area contributed by atoms with E-state index < -0.39 is 0 Å². The molecular formula is C18H32N4O4. The third kappa shape index (κ3) is 3.90. The van der Waals surface area contributed by atoms with E-state index in [1.165, 1.54) is 19.3 Å². The third-order valence-corrected chi connectivity index (χ3v) is 6.56. The Morgan fingerprint density at radius 2 is 1.96 bits per heavy atom. The maximum atomic E-state index is 12.5. The predicted octanol–water partition coefficient (Wildman–Crippen LogP) is 0.403. The minimum atomic E-state index is -0.206. The molecule has 1 amide bonds. The van der Waals surface area contributed by atoms with Crippen molar-refractivity contribution in [3.63, 3.8) is 0 Å². The van der Waals surface area contributed by atoms with Gasteiger partial charge in [0.15, 0.2) is 6.23 Å². The van der Waals surface area contributed by atoms with E-state index >= 15 is 0 Å². The highest BCUT2D eigenvalue weighted by Crippen LogP contribution is 2.45. The molecule has 0 aromatic heterocycles. The lowest BCUT2D eigenvalue weighted by Crippen LogP contribution is -2.48. The lowest BCUT2D eigenvalue weighted by Gasteiger charge is -2.36. The first kappa shape index (κ1) is 18.6. The van der Waals surface area contributed by atoms with Crippen LogP contribution >= 0.6 is 0 Å². The number of amides is 1. The summed E-state index contributed by atoms with van der Waals surface area (Å²) in [6.45, 7) is 2.53. The van der Waals surface area contributed by atoms with Gasteiger partial charge < -0.3 is 10.1 Å². The first-order chi connectivity index (χ1) is 12.6. The minimum absolute atomic E-state index is 0.0677. The van der Waals surface area contributed by atoms with Gasteiger partial charge in [-0.15, -0.1) is 0 Å². The zero-order chi connectivity index (χ0) is 18.1. The number of carbonyl (C=O) groups is 1. The number of hydroxylamine groups is 2. The van der Waals surface area contributed by atoms with Gasteiger partial charge in [0.25, 0.3) is 0 Å². The van der Waals surface area contributed by atoms with Crippen LogP contribution in [0, 0.1) is 17.8 Å². The quantitative estimate of drug-likeness (QED) is 0.558. The Morgan fingerprint density at radius 1 is 1.12 bits per heavy atom. The minimum Gasteiger partial charge on any atom is -0.380 e. The van der Waals surface area contributed by atoms with Crippen molar-refractivity contribution >= 4 is 5.91 Å². The molecule has 4 rings (SSSR count). The average Bonchev–Trinajstić information content (AvgIpc) is 3.35. The Bertz CT molecular complexity index is 508. The molecule has 2 aliphatic carbocycles. The van der Waals surface area contributed by atoms with Gasteiger partial charge >= 0.3 is 0 Å². The molecule has 0 radical (unpaired) electrons. The first-order valence-electron chi connectivity index (χ1n) is 10.0. The van der Waals surface area contributed by atoms with Crippen LogP contribution < -0.4 is 21.6 Å². The number of fused-ring (bicyclic) bond motifs is 1. The van der Waals surface area contributed by atoms with Crippen molar-refractivity contribution in [2.45, 2.75) is 76.0 Å². The molecule has 8 atom stereocenters. The molecule has 4 fully saturated rings. The van der Waals surface area contributed by atoms with Crippen LogP contribution in [0.5, 0.6) is 0 Å². The summed E-state index contributed by atoms with van der Waals surface area (Å²) >= 11 is 0. The van der Waals surface area contributed by atoms with Crippen LogP contribution in [-0.2, 0) is 19.2 Å². The van der Waals surface area contributed by atoms with Gasteiger partial charge in [0.2, 0.25) is 5.91 Å². The topological polar surface area (TPSA) is 92.9 Å². The molecule has 2 saturated carbocycles. The van der Waals surface area contributed by atoms with Crippen LogP contribution in [-0.4, -0.2) is 50.2 Å². The molecule has 0 aromatic rings. The van der Waals surface area contributed by atoms with Gasteiger partial charge in [-0.05, 0) is 56.8 Å². The zero-order valence-electron chi connectivity index (χ0n) is 15.7. The fraction of sp³-hybridized carbons (Fsp3) is 0.944. The van der Waals surface area contributed by atoms with E-state index in [2.05, 4.69) is 21.6 Å². The highest BCUT2D eigenvalue weighted by atomic mass is 16.7. The normalized spacial score (nSPS) is 45.6. The molecule has 8 nitrogen and oxygen atoms in total. The molecule has 2 heterocycles. The van der Waals surface area contributed by atoms with Crippen molar-refractivity contribution in [3.8, 4) is 0 Å². The summed E-state index contributed by atoms with van der Waals surface area (Å²) in [5.74, 6) is 1.96. The lowest BCUT2D eigenvalue weighted by atomic mass is 9.74. The second-order valence-electron chi connectivity index (χ2n) is 8.35. The Morgan fingerprint density at radius 3 is 2.73 bits per heavy atom. The SMILES string of the molecule is COCC1NC(C2CCC3C(CC[C@H]3NC(=O)C3CC(C)ON3)C2)NO1. The van der Waals surface area contributed by atoms with Crippen LogP contribution in [0.1, 0.15) is 45.4 Å². The van der Waals surface area contributed by atoms with Gasteiger partial charge in [-0.2, -0.15) is 11.0 Å². The van der Waals surface area contributed by atoms with E-state index in [1.807, 2.05) is 6.92 Å². The van der Waals surface area contributed by atoms with Gasteiger partial charge in [-0.25, -0.2) is 0 Å². The molecule has 4 aliphatic rings. The number of rotatable bonds is 5. The summed E-state index contributed by atoms with van der Waals surface area (Å²) in [6.07, 6.45) is 6.78. The van der Waals surface area contributed by atoms with E-state index in [4.69, 9.17) is 14.4 Å². The van der Waals surface area contributed by atoms with Crippen molar-refractivity contribution in [1.29, 1.82) is 0 Å². The van der Waals surface area contributed by atoms with E-state index in [1.54, 1.807) is 7.11 Å². The Kier molecular flexibility index (Phi) is 5.78. The van der Waals surface area contributed by atoms with Crippen LogP contribution in [0.4, 0.5) is 0 Å². The number of ether oxygens (including phenoxy) is 1. The highest BCUT2D eigenvalue weighted by molar-refractivity contribution is 5.82. The molecule has 0 aromatic carbocycles. The molecule has 0 bridgehead atoms. The summed E-state index contributed by atoms with van der Waals surface area (Å²) in [6, 6.07) is 0.107. The standard InChI is InChI=1S/C18H32N4O4/c1-10-7-15(21-25-10)18(23)19-14-6-4-11-8-12(3-5-13(11)14)17-20-16(9-24-2)26-22-17/h10-17,20-22H,3-9H2,1-2H3,(H,19,23)/t10?,11?,12?,13?,14-,15?,16?,17?/m1/s1. The smallest absolute Gasteiger partial charge is 0.239 e. The molecular weight excluding hydrogens is 336 g/mol. The van der Waals surface area contributed by atoms with Crippen molar-refractivity contribution in [2.75, 3.05) is 13.7 Å². The van der Waals surface area contributed by atoms with E-state index in [0.29, 0.717) is 30.4 Å². The average molecular weight is 368 g/mol. The second-order valence-corrected chi connectivity index (χ2v) is 8.35. The summed E-state index contributed by atoms with van der Waals surface area (Å²) in [7, 11) is 1.68. The highest BCUT2D eigenvalue weighted by Gasteiger charge is 2.44. The van der Waals surface area contributed by atoms with Crippen molar-refractivity contribution in [2.24, 2.45) is 17.8 Å². The summed E-state index contributed by atoms with van der Waals surface area (Å²) in [4.78, 5) is 23.3. The summed E-state index contributed by atoms with van der Waals surface area (Å²) in [5.41, 5.74) is 6.00. The summed E-state index contributed by atoms with van der Waals surface area (Å²) in [5, 5.41) is 6.77. The van der Waals surface area contributed by atoms with Crippen LogP contribution in [0.15, 0.2) is 0 Å². The van der Waals surface area contributed by atoms with E-state index in [-0.39, 0.29) is 30.4 Å². The largest absolute Gasteiger partial charge is 0.380 e. The van der Waals surface area contributed by atoms with Crippen LogP contribution in [0.2, 0.25) is 0 Å². The third-order valence-electron chi connectivity index (χ3n) is 6.56. The number of carbonyl (C=O) groups excluding carboxylic acids is 1. The Hall–Kier alpha value is -0.770. The van der Waals surface area contributed by atoms with Crippen LogP contribution in [0.3, 0.4) is 0 Å². The molecule has 2 aliphatic heterocycles. The van der Waals surface area contributed by atoms with Gasteiger partial charge in [0.05, 0.1) is 18.9 Å². The monoisotopic (exact) mass is 368 g/mol. The lowest BCUT2D eigenvalue weighted by molar-refractivity contribution is -0.125. The van der Waals surface area contributed by atoms with Gasteiger partial charge in [0.1, 0.15) is 6.04 Å². The second kappa shape index (κ2) is 8.08. The number of hydrogen-bond acceptors (Lipinski definition) is 7. The molecule has 4 N–H and O–H groups in total. The van der Waals surface area contributed by atoms with Gasteiger partial charge in [0, 0.05) is 19.6 Å². The maximum Gasteiger partial charge on any atom is 0.239 e. The van der Waals surface area contributed by atoms with Crippen LogP contribution in [0.25, 0.3) is 0 Å². The van der Waals surface area contributed by atoms with Gasteiger partial charge in [-0.1, -0.05) is 0 Å². The summed E-state index contributed by atoms with van der Waals surface area (Å²) < 4.78 is 5.15. The Balaban J connectivity index is 1.26. The fourth-order valence-electron chi connectivity index (χ4n) is 5.23. The fourth-order valence-corrected chi connectivity index (χ4v) is 5.23. The molecule has 26 heavy (non-hydrogen) atoms. The predicted molar refractivity (Wildman–Crippen MR) is 94.4 cm³/mol. The number of nitrogens with one attached hydrogen (secondary N) is 4. The number of methoxy groups -OCH3 is 1. The van der Waals surface area contributed by atoms with Crippen molar-refractivity contribution in [1.82, 2.24) is 21.6 Å². The number of hydrogen-bond donors (Lipinski definition) is 4. The molecule has 7 unspecified atom stereocenters. The van der Waals surface area contributed by atoms with Gasteiger partial charge in [-0.3, -0.25) is 19.8 Å². The molecule has 0 spiro atoms. The maximum absolute atomic E-state index is 12.5. The van der Waals surface area contributed by atoms with E-state index in [0.717, 1.165) is 19.3 Å². The first-order valence-corrected chi connectivity index (χ1v) is 10.0. The Labute approximate surface area is 155 Å². The van der Waals surface area contributed by atoms with Crippen molar-refractivity contribution in [3.05, 3.63) is 0 Å². The zero-order valence-corrected chi connectivity index (χ0v) is 15.7. The van der Waals surface area contributed by atoms with E-state index in [9.17, 15) is 4.79 Å². The molecule has 2 saturated heterocycles. The molecule has 8 heteroatoms.